The number of rotatable bonds is 5. The molecule has 0 N–H and O–H groups in total. The van der Waals surface area contributed by atoms with E-state index in [1.807, 2.05) is 50.2 Å². The maximum atomic E-state index is 13.1. The highest BCUT2D eigenvalue weighted by molar-refractivity contribution is 6.16. The SMILES string of the molecule is CCCCc1oc2ccc(C)cc2c1C(=O)c1ccc(C)cc1. The van der Waals surface area contributed by atoms with Gasteiger partial charge in [0.1, 0.15) is 11.3 Å². The van der Waals surface area contributed by atoms with Crippen LogP contribution in [0.5, 0.6) is 0 Å². The summed E-state index contributed by atoms with van der Waals surface area (Å²) in [4.78, 5) is 13.1. The largest absolute Gasteiger partial charge is 0.460 e. The molecule has 1 aromatic heterocycles. The van der Waals surface area contributed by atoms with Gasteiger partial charge in [0.05, 0.1) is 5.56 Å². The Bertz CT molecular complexity index is 838. The van der Waals surface area contributed by atoms with Crippen LogP contribution in [0.4, 0.5) is 0 Å². The van der Waals surface area contributed by atoms with E-state index in [4.69, 9.17) is 4.42 Å². The second-order valence-electron chi connectivity index (χ2n) is 6.20. The molecule has 0 fully saturated rings. The molecule has 0 aliphatic carbocycles. The van der Waals surface area contributed by atoms with Gasteiger partial charge in [-0.05, 0) is 32.4 Å². The molecular formula is C21H22O2. The van der Waals surface area contributed by atoms with Gasteiger partial charge in [0.2, 0.25) is 0 Å². The zero-order valence-corrected chi connectivity index (χ0v) is 14.0. The van der Waals surface area contributed by atoms with Crippen molar-refractivity contribution in [1.82, 2.24) is 0 Å². The minimum atomic E-state index is 0.0560. The fourth-order valence-corrected chi connectivity index (χ4v) is 2.87. The summed E-state index contributed by atoms with van der Waals surface area (Å²) in [6, 6.07) is 13.8. The van der Waals surface area contributed by atoms with E-state index >= 15 is 0 Å². The normalized spacial score (nSPS) is 11.1. The summed E-state index contributed by atoms with van der Waals surface area (Å²) < 4.78 is 6.00. The lowest BCUT2D eigenvalue weighted by Gasteiger charge is -2.04. The maximum Gasteiger partial charge on any atom is 0.197 e. The molecule has 0 unspecified atom stereocenters. The van der Waals surface area contributed by atoms with Gasteiger partial charge in [0, 0.05) is 17.4 Å². The number of carbonyl (C=O) groups is 1. The van der Waals surface area contributed by atoms with Crippen molar-refractivity contribution in [2.45, 2.75) is 40.0 Å². The highest BCUT2D eigenvalue weighted by Gasteiger charge is 2.21. The number of hydrogen-bond acceptors (Lipinski definition) is 2. The van der Waals surface area contributed by atoms with E-state index in [1.165, 1.54) is 0 Å². The first kappa shape index (κ1) is 15.5. The molecule has 0 spiro atoms. The first-order valence-corrected chi connectivity index (χ1v) is 8.23. The molecule has 0 amide bonds. The first-order chi connectivity index (χ1) is 11.1. The lowest BCUT2D eigenvalue weighted by molar-refractivity contribution is 0.103. The summed E-state index contributed by atoms with van der Waals surface area (Å²) in [7, 11) is 0. The van der Waals surface area contributed by atoms with Crippen LogP contribution in [0.1, 0.15) is 52.6 Å². The molecule has 2 heteroatoms. The molecule has 3 rings (SSSR count). The Hall–Kier alpha value is -2.35. The monoisotopic (exact) mass is 306 g/mol. The summed E-state index contributed by atoms with van der Waals surface area (Å²) in [5.41, 5.74) is 4.55. The molecule has 0 aliphatic heterocycles. The van der Waals surface area contributed by atoms with E-state index in [2.05, 4.69) is 13.0 Å². The van der Waals surface area contributed by atoms with E-state index in [-0.39, 0.29) is 5.78 Å². The Labute approximate surface area is 137 Å². The second kappa shape index (κ2) is 6.41. The summed E-state index contributed by atoms with van der Waals surface area (Å²) in [6.07, 6.45) is 2.90. The number of hydrogen-bond donors (Lipinski definition) is 0. The average molecular weight is 306 g/mol. The van der Waals surface area contributed by atoms with Crippen LogP contribution in [0.15, 0.2) is 46.9 Å². The van der Waals surface area contributed by atoms with E-state index in [0.717, 1.165) is 58.2 Å². The molecule has 0 bridgehead atoms. The standard InChI is InChI=1S/C21H22O2/c1-4-5-6-19-20(17-13-15(3)9-12-18(17)23-19)21(22)16-10-7-14(2)8-11-16/h7-13H,4-6H2,1-3H3. The molecule has 0 saturated carbocycles. The molecule has 2 nitrogen and oxygen atoms in total. The number of aryl methyl sites for hydroxylation is 3. The van der Waals surface area contributed by atoms with Gasteiger partial charge in [-0.25, -0.2) is 0 Å². The van der Waals surface area contributed by atoms with Crippen molar-refractivity contribution < 1.29 is 9.21 Å². The Balaban J connectivity index is 2.14. The van der Waals surface area contributed by atoms with Crippen LogP contribution in [-0.4, -0.2) is 5.78 Å². The number of furan rings is 1. The van der Waals surface area contributed by atoms with Crippen LogP contribution < -0.4 is 0 Å². The van der Waals surface area contributed by atoms with E-state index in [0.29, 0.717) is 0 Å². The maximum absolute atomic E-state index is 13.1. The molecule has 2 aromatic carbocycles. The summed E-state index contributed by atoms with van der Waals surface area (Å²) in [5.74, 6) is 0.874. The van der Waals surface area contributed by atoms with Gasteiger partial charge in [-0.3, -0.25) is 4.79 Å². The average Bonchev–Trinajstić information content (AvgIpc) is 2.90. The number of carbonyl (C=O) groups excluding carboxylic acids is 1. The topological polar surface area (TPSA) is 30.2 Å². The predicted molar refractivity (Wildman–Crippen MR) is 94.2 cm³/mol. The highest BCUT2D eigenvalue weighted by Crippen LogP contribution is 2.30. The lowest BCUT2D eigenvalue weighted by atomic mass is 9.97. The van der Waals surface area contributed by atoms with E-state index < -0.39 is 0 Å². The number of benzene rings is 2. The summed E-state index contributed by atoms with van der Waals surface area (Å²) in [6.45, 7) is 6.21. The van der Waals surface area contributed by atoms with Gasteiger partial charge in [-0.2, -0.15) is 0 Å². The predicted octanol–water partition coefficient (Wildman–Crippen LogP) is 5.62. The number of unbranched alkanes of at least 4 members (excludes halogenated alkanes) is 1. The van der Waals surface area contributed by atoms with E-state index in [1.54, 1.807) is 0 Å². The minimum Gasteiger partial charge on any atom is -0.460 e. The zero-order chi connectivity index (χ0) is 16.4. The van der Waals surface area contributed by atoms with Gasteiger partial charge in [-0.15, -0.1) is 0 Å². The molecule has 118 valence electrons. The Kier molecular flexibility index (Phi) is 4.33. The number of fused-ring (bicyclic) bond motifs is 1. The van der Waals surface area contributed by atoms with E-state index in [9.17, 15) is 4.79 Å². The second-order valence-corrected chi connectivity index (χ2v) is 6.20. The van der Waals surface area contributed by atoms with Crippen molar-refractivity contribution in [3.05, 3.63) is 70.5 Å². The Morgan fingerprint density at radius 3 is 2.39 bits per heavy atom. The van der Waals surface area contributed by atoms with Gasteiger partial charge in [0.15, 0.2) is 5.78 Å². The van der Waals surface area contributed by atoms with Gasteiger partial charge in [0.25, 0.3) is 0 Å². The molecule has 0 saturated heterocycles. The third-order valence-electron chi connectivity index (χ3n) is 4.21. The van der Waals surface area contributed by atoms with Crippen molar-refractivity contribution >= 4 is 16.8 Å². The minimum absolute atomic E-state index is 0.0560. The summed E-state index contributed by atoms with van der Waals surface area (Å²) >= 11 is 0. The van der Waals surface area contributed by atoms with Crippen LogP contribution in [0.2, 0.25) is 0 Å². The zero-order valence-electron chi connectivity index (χ0n) is 14.0. The van der Waals surface area contributed by atoms with Crippen molar-refractivity contribution in [1.29, 1.82) is 0 Å². The Morgan fingerprint density at radius 1 is 1.00 bits per heavy atom. The highest BCUT2D eigenvalue weighted by atomic mass is 16.3. The molecule has 1 heterocycles. The lowest BCUT2D eigenvalue weighted by Crippen LogP contribution is -2.04. The molecule has 0 radical (unpaired) electrons. The van der Waals surface area contributed by atoms with Crippen molar-refractivity contribution in [2.75, 3.05) is 0 Å². The molecule has 23 heavy (non-hydrogen) atoms. The van der Waals surface area contributed by atoms with Crippen molar-refractivity contribution in [3.8, 4) is 0 Å². The molecular weight excluding hydrogens is 284 g/mol. The number of ketones is 1. The first-order valence-electron chi connectivity index (χ1n) is 8.23. The third-order valence-corrected chi connectivity index (χ3v) is 4.21. The van der Waals surface area contributed by atoms with Gasteiger partial charge >= 0.3 is 0 Å². The van der Waals surface area contributed by atoms with Crippen molar-refractivity contribution in [2.24, 2.45) is 0 Å². The molecule has 0 aliphatic rings. The van der Waals surface area contributed by atoms with Crippen LogP contribution in [-0.2, 0) is 6.42 Å². The van der Waals surface area contributed by atoms with Crippen LogP contribution in [0.3, 0.4) is 0 Å². The van der Waals surface area contributed by atoms with Gasteiger partial charge < -0.3 is 4.42 Å². The Morgan fingerprint density at radius 2 is 1.70 bits per heavy atom. The van der Waals surface area contributed by atoms with Crippen LogP contribution >= 0.6 is 0 Å². The van der Waals surface area contributed by atoms with Gasteiger partial charge in [-0.1, -0.05) is 54.8 Å². The molecule has 0 atom stereocenters. The molecule has 3 aromatic rings. The quantitative estimate of drug-likeness (QED) is 0.572. The third kappa shape index (κ3) is 3.07. The van der Waals surface area contributed by atoms with Crippen LogP contribution in [0, 0.1) is 13.8 Å². The fourth-order valence-electron chi connectivity index (χ4n) is 2.87. The van der Waals surface area contributed by atoms with Crippen molar-refractivity contribution in [3.63, 3.8) is 0 Å². The fraction of sp³-hybridized carbons (Fsp3) is 0.286. The van der Waals surface area contributed by atoms with Crippen LogP contribution in [0.25, 0.3) is 11.0 Å². The summed E-state index contributed by atoms with van der Waals surface area (Å²) in [5, 5.41) is 0.932. The smallest absolute Gasteiger partial charge is 0.197 e.